The lowest BCUT2D eigenvalue weighted by atomic mass is 10.2. The molecule has 0 unspecified atom stereocenters. The number of carbonyl (C=O) groups excluding carboxylic acids is 1. The molecule has 0 spiro atoms. The first kappa shape index (κ1) is 15.8. The number of rotatable bonds is 4. The first-order valence-electron chi connectivity index (χ1n) is 6.18. The van der Waals surface area contributed by atoms with Crippen LogP contribution in [-0.2, 0) is 0 Å². The zero-order valence-corrected chi connectivity index (χ0v) is 11.4. The van der Waals surface area contributed by atoms with Gasteiger partial charge in [0.1, 0.15) is 5.75 Å². The Balaban J connectivity index is 2.18. The van der Waals surface area contributed by atoms with Crippen LogP contribution >= 0.6 is 0 Å². The molecule has 2 rings (SSSR count). The Kier molecular flexibility index (Phi) is 4.41. The summed E-state index contributed by atoms with van der Waals surface area (Å²) in [6, 6.07) is 7.00. The van der Waals surface area contributed by atoms with Crippen LogP contribution in [0.2, 0.25) is 0 Å². The number of nitrogens with zero attached hydrogens (tertiary/aromatic N) is 2. The number of amides is 1. The molecular weight excluding hydrogens is 306 g/mol. The van der Waals surface area contributed by atoms with Crippen molar-refractivity contribution < 1.29 is 25.0 Å². The molecule has 0 atom stereocenters. The molecule has 0 saturated heterocycles. The van der Waals surface area contributed by atoms with Crippen LogP contribution in [0.1, 0.15) is 15.9 Å². The summed E-state index contributed by atoms with van der Waals surface area (Å²) in [5, 5.41) is 46.4. The summed E-state index contributed by atoms with van der Waals surface area (Å²) in [6.07, 6.45) is 0.924. The van der Waals surface area contributed by atoms with Crippen molar-refractivity contribution in [2.24, 2.45) is 5.10 Å². The Labute approximate surface area is 129 Å². The van der Waals surface area contributed by atoms with Crippen LogP contribution in [0.5, 0.6) is 17.2 Å². The zero-order chi connectivity index (χ0) is 17.0. The van der Waals surface area contributed by atoms with Gasteiger partial charge in [-0.3, -0.25) is 14.9 Å². The lowest BCUT2D eigenvalue weighted by Crippen LogP contribution is -2.19. The number of aromatic hydroxyl groups is 1. The molecule has 0 radical (unpaired) electrons. The minimum Gasteiger partial charge on any atom is -0.872 e. The van der Waals surface area contributed by atoms with Gasteiger partial charge in [0.25, 0.3) is 11.6 Å². The van der Waals surface area contributed by atoms with E-state index in [1.54, 1.807) is 0 Å². The molecule has 0 heterocycles. The molecule has 9 heteroatoms. The van der Waals surface area contributed by atoms with Crippen LogP contribution < -0.4 is 15.6 Å². The Hall–Kier alpha value is -3.62. The molecule has 0 saturated carbocycles. The topological polar surface area (TPSA) is 151 Å². The summed E-state index contributed by atoms with van der Waals surface area (Å²) in [5.74, 6) is -2.74. The molecule has 0 aliphatic rings. The van der Waals surface area contributed by atoms with E-state index in [-0.39, 0.29) is 11.1 Å². The van der Waals surface area contributed by atoms with Gasteiger partial charge in [-0.15, -0.1) is 0 Å². The fourth-order valence-electron chi connectivity index (χ4n) is 1.69. The largest absolute Gasteiger partial charge is 0.872 e. The number of nitro groups is 1. The molecule has 0 bridgehead atoms. The van der Waals surface area contributed by atoms with Gasteiger partial charge in [0.05, 0.1) is 11.1 Å². The van der Waals surface area contributed by atoms with Gasteiger partial charge in [0, 0.05) is 17.2 Å². The van der Waals surface area contributed by atoms with Gasteiger partial charge in [-0.1, -0.05) is 30.0 Å². The quantitative estimate of drug-likeness (QED) is 0.467. The first-order valence-corrected chi connectivity index (χ1v) is 6.18. The lowest BCUT2D eigenvalue weighted by Gasteiger charge is -2.10. The highest BCUT2D eigenvalue weighted by Crippen LogP contribution is 2.29. The number of nitrogens with one attached hydrogen (secondary N) is 1. The molecule has 1 amide bonds. The average Bonchev–Trinajstić information content (AvgIpc) is 2.49. The van der Waals surface area contributed by atoms with E-state index in [4.69, 9.17) is 0 Å². The molecule has 23 heavy (non-hydrogen) atoms. The molecule has 0 aliphatic heterocycles. The highest BCUT2D eigenvalue weighted by Gasteiger charge is 2.11. The lowest BCUT2D eigenvalue weighted by molar-refractivity contribution is -0.398. The summed E-state index contributed by atoms with van der Waals surface area (Å²) in [7, 11) is 0. The number of nitro benzene ring substituents is 1. The molecule has 0 aliphatic carbocycles. The van der Waals surface area contributed by atoms with E-state index < -0.39 is 33.8 Å². The summed E-state index contributed by atoms with van der Waals surface area (Å²) in [6.45, 7) is 0. The summed E-state index contributed by atoms with van der Waals surface area (Å²) < 4.78 is 0. The Morgan fingerprint density at radius 3 is 2.57 bits per heavy atom. The van der Waals surface area contributed by atoms with Crippen LogP contribution in [0.4, 0.5) is 5.69 Å². The van der Waals surface area contributed by atoms with Crippen LogP contribution in [0, 0.1) is 10.1 Å². The van der Waals surface area contributed by atoms with Gasteiger partial charge in [0.15, 0.2) is 0 Å². The minimum atomic E-state index is -0.950. The van der Waals surface area contributed by atoms with Crippen LogP contribution in [0.3, 0.4) is 0 Å². The Morgan fingerprint density at radius 1 is 1.22 bits per heavy atom. The first-order chi connectivity index (χ1) is 10.9. The number of phenolic OH excluding ortho intramolecular Hbond substituents is 1. The monoisotopic (exact) mass is 315 g/mol. The number of para-hydroxylation sites is 1. The molecular formula is C14H9N3O6-2. The third kappa shape index (κ3) is 3.53. The average molecular weight is 315 g/mol. The summed E-state index contributed by atoms with van der Waals surface area (Å²) >= 11 is 0. The Morgan fingerprint density at radius 2 is 1.91 bits per heavy atom. The van der Waals surface area contributed by atoms with Gasteiger partial charge in [-0.05, 0) is 11.8 Å². The zero-order valence-electron chi connectivity index (χ0n) is 11.4. The van der Waals surface area contributed by atoms with Gasteiger partial charge in [-0.2, -0.15) is 5.10 Å². The van der Waals surface area contributed by atoms with E-state index in [0.717, 1.165) is 12.3 Å². The predicted molar refractivity (Wildman–Crippen MR) is 75.2 cm³/mol. The van der Waals surface area contributed by atoms with Crippen molar-refractivity contribution in [2.45, 2.75) is 0 Å². The molecule has 2 aromatic carbocycles. The number of hydrogen-bond acceptors (Lipinski definition) is 7. The SMILES string of the molecule is O=C(N/N=C/c1cc([N+](=O)[O-])c([O-])cc1O)c1ccccc1[O-]. The van der Waals surface area contributed by atoms with Gasteiger partial charge in [0.2, 0.25) is 0 Å². The van der Waals surface area contributed by atoms with E-state index in [9.17, 15) is 30.2 Å². The van der Waals surface area contributed by atoms with Crippen molar-refractivity contribution >= 4 is 17.8 Å². The third-order valence-electron chi connectivity index (χ3n) is 2.81. The second-order valence-corrected chi connectivity index (χ2v) is 4.33. The van der Waals surface area contributed by atoms with E-state index in [2.05, 4.69) is 10.5 Å². The summed E-state index contributed by atoms with van der Waals surface area (Å²) in [4.78, 5) is 21.5. The molecule has 9 nitrogen and oxygen atoms in total. The number of hydrazone groups is 1. The molecule has 0 aromatic heterocycles. The minimum absolute atomic E-state index is 0.130. The second kappa shape index (κ2) is 6.43. The van der Waals surface area contributed by atoms with E-state index in [0.29, 0.717) is 6.07 Å². The van der Waals surface area contributed by atoms with E-state index in [1.807, 2.05) is 0 Å². The maximum atomic E-state index is 11.7. The van der Waals surface area contributed by atoms with E-state index in [1.165, 1.54) is 24.3 Å². The van der Waals surface area contributed by atoms with Crippen LogP contribution in [-0.4, -0.2) is 22.2 Å². The van der Waals surface area contributed by atoms with Crippen molar-refractivity contribution in [3.63, 3.8) is 0 Å². The number of benzene rings is 2. The fourth-order valence-corrected chi connectivity index (χ4v) is 1.69. The van der Waals surface area contributed by atoms with Crippen molar-refractivity contribution in [1.29, 1.82) is 0 Å². The smallest absolute Gasteiger partial charge is 0.270 e. The fraction of sp³-hybridized carbons (Fsp3) is 0. The van der Waals surface area contributed by atoms with Crippen molar-refractivity contribution in [2.75, 3.05) is 0 Å². The highest BCUT2D eigenvalue weighted by molar-refractivity contribution is 5.97. The van der Waals surface area contributed by atoms with Crippen molar-refractivity contribution in [3.8, 4) is 17.2 Å². The van der Waals surface area contributed by atoms with Gasteiger partial charge < -0.3 is 15.3 Å². The molecule has 2 N–H and O–H groups in total. The molecule has 0 fully saturated rings. The van der Waals surface area contributed by atoms with Crippen molar-refractivity contribution in [1.82, 2.24) is 5.43 Å². The van der Waals surface area contributed by atoms with E-state index >= 15 is 0 Å². The second-order valence-electron chi connectivity index (χ2n) is 4.33. The maximum absolute atomic E-state index is 11.7. The van der Waals surface area contributed by atoms with Gasteiger partial charge in [-0.25, -0.2) is 5.43 Å². The highest BCUT2D eigenvalue weighted by atomic mass is 16.6. The number of hydrogen-bond donors (Lipinski definition) is 2. The van der Waals surface area contributed by atoms with Crippen LogP contribution in [0.15, 0.2) is 41.5 Å². The number of phenols is 1. The third-order valence-corrected chi connectivity index (χ3v) is 2.81. The molecule has 118 valence electrons. The Bertz CT molecular complexity index is 803. The number of carbonyl (C=O) groups is 1. The molecule has 2 aromatic rings. The summed E-state index contributed by atoms with van der Waals surface area (Å²) in [5.41, 5.74) is 1.05. The van der Waals surface area contributed by atoms with Gasteiger partial charge >= 0.3 is 0 Å². The van der Waals surface area contributed by atoms with Crippen LogP contribution in [0.25, 0.3) is 0 Å². The normalized spacial score (nSPS) is 10.6. The maximum Gasteiger partial charge on any atom is 0.270 e. The predicted octanol–water partition coefficient (Wildman–Crippen LogP) is 0.211. The standard InChI is InChI=1S/C14H11N3O6/c18-11-4-2-1-3-9(11)14(21)16-15-7-8-5-10(17(22)23)13(20)6-12(8)19/h1-7,18-20H,(H,16,21)/p-2/b15-7+. The van der Waals surface area contributed by atoms with Crippen molar-refractivity contribution in [3.05, 3.63) is 57.6 Å².